The van der Waals surface area contributed by atoms with E-state index in [4.69, 9.17) is 5.11 Å². The molecule has 0 heterocycles. The van der Waals surface area contributed by atoms with Crippen molar-refractivity contribution in [1.82, 2.24) is 5.32 Å². The number of halogens is 1. The number of carbonyl (C=O) groups is 2. The second-order valence-electron chi connectivity index (χ2n) is 4.20. The van der Waals surface area contributed by atoms with Crippen LogP contribution in [0.4, 0.5) is 16.2 Å². The summed E-state index contributed by atoms with van der Waals surface area (Å²) in [6.45, 7) is 1.68. The van der Waals surface area contributed by atoms with Crippen LogP contribution in [0.25, 0.3) is 0 Å². The minimum absolute atomic E-state index is 0.0236. The summed E-state index contributed by atoms with van der Waals surface area (Å²) < 4.78 is 0.480. The lowest BCUT2D eigenvalue weighted by molar-refractivity contribution is -0.384. The van der Waals surface area contributed by atoms with Crippen LogP contribution < -0.4 is 10.6 Å². The first-order chi connectivity index (χ1) is 9.85. The molecule has 0 radical (unpaired) electrons. The number of rotatable bonds is 6. The second-order valence-corrected chi connectivity index (χ2v) is 5.05. The van der Waals surface area contributed by atoms with E-state index in [9.17, 15) is 19.7 Å². The molecule has 0 saturated carbocycles. The van der Waals surface area contributed by atoms with E-state index in [1.165, 1.54) is 18.2 Å². The van der Waals surface area contributed by atoms with Gasteiger partial charge >= 0.3 is 12.0 Å². The van der Waals surface area contributed by atoms with Gasteiger partial charge in [0.1, 0.15) is 0 Å². The van der Waals surface area contributed by atoms with Gasteiger partial charge in [0.25, 0.3) is 5.69 Å². The van der Waals surface area contributed by atoms with Crippen molar-refractivity contribution in [2.75, 3.05) is 11.9 Å². The van der Waals surface area contributed by atoms with Crippen molar-refractivity contribution in [3.05, 3.63) is 32.8 Å². The molecule has 8 nitrogen and oxygen atoms in total. The van der Waals surface area contributed by atoms with Crippen LogP contribution >= 0.6 is 15.9 Å². The van der Waals surface area contributed by atoms with Gasteiger partial charge in [-0.05, 0) is 28.4 Å². The first kappa shape index (κ1) is 16.9. The lowest BCUT2D eigenvalue weighted by atomic mass is 10.1. The van der Waals surface area contributed by atoms with E-state index in [0.29, 0.717) is 10.9 Å². The zero-order valence-corrected chi connectivity index (χ0v) is 12.7. The number of nitrogens with zero attached hydrogens (tertiary/aromatic N) is 1. The smallest absolute Gasteiger partial charge is 0.319 e. The lowest BCUT2D eigenvalue weighted by Gasteiger charge is -2.12. The number of nitro benzene ring substituents is 1. The van der Waals surface area contributed by atoms with Gasteiger partial charge in [-0.3, -0.25) is 14.9 Å². The quantitative estimate of drug-likeness (QED) is 0.532. The molecular weight excluding hydrogens is 346 g/mol. The Bertz CT molecular complexity index is 564. The molecule has 9 heteroatoms. The number of non-ortho nitro benzene ring substituents is 1. The predicted molar refractivity (Wildman–Crippen MR) is 79.2 cm³/mol. The number of nitro groups is 1. The summed E-state index contributed by atoms with van der Waals surface area (Å²) in [5.41, 5.74) is 0.0653. The van der Waals surface area contributed by atoms with E-state index in [1.54, 1.807) is 6.92 Å². The Kier molecular flexibility index (Phi) is 6.10. The van der Waals surface area contributed by atoms with Gasteiger partial charge in [0, 0.05) is 23.2 Å². The van der Waals surface area contributed by atoms with Crippen LogP contribution in [-0.2, 0) is 4.79 Å². The molecular formula is C12H14BrN3O5. The maximum atomic E-state index is 11.7. The fourth-order valence-corrected chi connectivity index (χ4v) is 1.86. The number of benzene rings is 1. The fraction of sp³-hybridized carbons (Fsp3) is 0.333. The van der Waals surface area contributed by atoms with Crippen LogP contribution in [0.3, 0.4) is 0 Å². The Hall–Kier alpha value is -2.16. The third-order valence-corrected chi connectivity index (χ3v) is 3.45. The number of urea groups is 1. The molecule has 21 heavy (non-hydrogen) atoms. The topological polar surface area (TPSA) is 122 Å². The molecule has 0 aliphatic carbocycles. The molecule has 1 rings (SSSR count). The summed E-state index contributed by atoms with van der Waals surface area (Å²) in [6, 6.07) is 3.32. The number of nitrogens with one attached hydrogen (secondary N) is 2. The molecule has 0 bridgehead atoms. The van der Waals surface area contributed by atoms with Crippen LogP contribution in [0.5, 0.6) is 0 Å². The molecule has 0 aliphatic heterocycles. The first-order valence-electron chi connectivity index (χ1n) is 6.06. The van der Waals surface area contributed by atoms with Crippen LogP contribution in [0, 0.1) is 16.0 Å². The van der Waals surface area contributed by atoms with Crippen molar-refractivity contribution >= 4 is 39.3 Å². The number of anilines is 1. The SMILES string of the molecule is CCC(CNC(=O)Nc1cc([N+](=O)[O-])ccc1Br)C(=O)O. The Morgan fingerprint density at radius 1 is 1.48 bits per heavy atom. The third-order valence-electron chi connectivity index (χ3n) is 2.76. The van der Waals surface area contributed by atoms with E-state index in [1.807, 2.05) is 0 Å². The van der Waals surface area contributed by atoms with E-state index in [0.717, 1.165) is 0 Å². The number of carboxylic acids is 1. The van der Waals surface area contributed by atoms with Crippen molar-refractivity contribution in [3.63, 3.8) is 0 Å². The van der Waals surface area contributed by atoms with Crippen LogP contribution in [0.1, 0.15) is 13.3 Å². The number of carboxylic acid groups (broad SMARTS) is 1. The van der Waals surface area contributed by atoms with Gasteiger partial charge in [-0.2, -0.15) is 0 Å². The first-order valence-corrected chi connectivity index (χ1v) is 6.86. The minimum atomic E-state index is -0.991. The molecule has 3 N–H and O–H groups in total. The molecule has 1 aromatic rings. The van der Waals surface area contributed by atoms with Gasteiger partial charge < -0.3 is 15.7 Å². The number of aliphatic carboxylic acids is 1. The highest BCUT2D eigenvalue weighted by Crippen LogP contribution is 2.26. The van der Waals surface area contributed by atoms with Crippen molar-refractivity contribution < 1.29 is 19.6 Å². The normalized spacial score (nSPS) is 11.5. The molecule has 0 fully saturated rings. The average Bonchev–Trinajstić information content (AvgIpc) is 2.41. The summed E-state index contributed by atoms with van der Waals surface area (Å²) in [6.07, 6.45) is 0.385. The predicted octanol–water partition coefficient (Wildman–Crippen LogP) is 2.59. The van der Waals surface area contributed by atoms with Gasteiger partial charge in [0.2, 0.25) is 0 Å². The Labute approximate surface area is 128 Å². The Morgan fingerprint density at radius 3 is 2.67 bits per heavy atom. The van der Waals surface area contributed by atoms with Crippen molar-refractivity contribution in [2.24, 2.45) is 5.92 Å². The molecule has 1 unspecified atom stereocenters. The molecule has 2 amide bonds. The largest absolute Gasteiger partial charge is 0.481 e. The van der Waals surface area contributed by atoms with Gasteiger partial charge in [0.15, 0.2) is 0 Å². The van der Waals surface area contributed by atoms with E-state index in [2.05, 4.69) is 26.6 Å². The van der Waals surface area contributed by atoms with E-state index in [-0.39, 0.29) is 17.9 Å². The van der Waals surface area contributed by atoms with E-state index >= 15 is 0 Å². The van der Waals surface area contributed by atoms with Gasteiger partial charge in [-0.25, -0.2) is 4.79 Å². The number of carbonyl (C=O) groups excluding carboxylic acids is 1. The highest BCUT2D eigenvalue weighted by Gasteiger charge is 2.17. The average molecular weight is 360 g/mol. The Balaban J connectivity index is 2.68. The summed E-state index contributed by atoms with van der Waals surface area (Å²) in [5.74, 6) is -1.67. The number of hydrogen-bond acceptors (Lipinski definition) is 4. The lowest BCUT2D eigenvalue weighted by Crippen LogP contribution is -2.35. The van der Waals surface area contributed by atoms with Gasteiger partial charge in [-0.15, -0.1) is 0 Å². The number of amides is 2. The summed E-state index contributed by atoms with van der Waals surface area (Å²) in [7, 11) is 0. The van der Waals surface area contributed by atoms with Crippen molar-refractivity contribution in [1.29, 1.82) is 0 Å². The molecule has 0 spiro atoms. The van der Waals surface area contributed by atoms with Crippen LogP contribution in [-0.4, -0.2) is 28.6 Å². The summed E-state index contributed by atoms with van der Waals surface area (Å²) in [5, 5.41) is 24.4. The van der Waals surface area contributed by atoms with Crippen molar-refractivity contribution in [3.8, 4) is 0 Å². The maximum Gasteiger partial charge on any atom is 0.319 e. The van der Waals surface area contributed by atoms with Crippen LogP contribution in [0.15, 0.2) is 22.7 Å². The second kappa shape index (κ2) is 7.58. The van der Waals surface area contributed by atoms with Crippen molar-refractivity contribution in [2.45, 2.75) is 13.3 Å². The standard InChI is InChI=1S/C12H14BrN3O5/c1-2-7(11(17)18)6-14-12(19)15-10-5-8(16(20)21)3-4-9(10)13/h3-5,7H,2,6H2,1H3,(H,17,18)(H2,14,15,19). The zero-order chi connectivity index (χ0) is 16.0. The molecule has 114 valence electrons. The summed E-state index contributed by atoms with van der Waals surface area (Å²) >= 11 is 3.17. The molecule has 1 atom stereocenters. The third kappa shape index (κ3) is 5.03. The molecule has 0 aliphatic rings. The number of hydrogen-bond donors (Lipinski definition) is 3. The zero-order valence-electron chi connectivity index (χ0n) is 11.1. The molecule has 0 saturated heterocycles. The van der Waals surface area contributed by atoms with E-state index < -0.39 is 22.8 Å². The highest BCUT2D eigenvalue weighted by molar-refractivity contribution is 9.10. The maximum absolute atomic E-state index is 11.7. The monoisotopic (exact) mass is 359 g/mol. The van der Waals surface area contributed by atoms with Crippen LogP contribution in [0.2, 0.25) is 0 Å². The highest BCUT2D eigenvalue weighted by atomic mass is 79.9. The molecule has 1 aromatic carbocycles. The van der Waals surface area contributed by atoms with Gasteiger partial charge in [-0.1, -0.05) is 6.92 Å². The summed E-state index contributed by atoms with van der Waals surface area (Å²) in [4.78, 5) is 32.6. The Morgan fingerprint density at radius 2 is 2.14 bits per heavy atom. The minimum Gasteiger partial charge on any atom is -0.481 e. The fourth-order valence-electron chi connectivity index (χ4n) is 1.51. The molecule has 0 aromatic heterocycles. The van der Waals surface area contributed by atoms with Gasteiger partial charge in [0.05, 0.1) is 16.5 Å².